The first kappa shape index (κ1) is 13.4. The van der Waals surface area contributed by atoms with Crippen LogP contribution in [-0.2, 0) is 4.79 Å². The molecule has 1 amide bonds. The molecule has 0 spiro atoms. The molecule has 98 valence electrons. The summed E-state index contributed by atoms with van der Waals surface area (Å²) in [7, 11) is 3.75. The first-order chi connectivity index (χ1) is 8.65. The minimum Gasteiger partial charge on any atom is -0.344 e. The summed E-state index contributed by atoms with van der Waals surface area (Å²) >= 11 is 6.16. The summed E-state index contributed by atoms with van der Waals surface area (Å²) < 4.78 is 0. The Labute approximate surface area is 113 Å². The molecule has 18 heavy (non-hydrogen) atoms. The van der Waals surface area contributed by atoms with Crippen LogP contribution < -0.4 is 5.32 Å². The Morgan fingerprint density at radius 1 is 1.50 bits per heavy atom. The Hall–Kier alpha value is -1.06. The SMILES string of the molecule is CNCCN(C)C(=O)C1CC1c1ccccc1Cl. The Bertz CT molecular complexity index is 436. The van der Waals surface area contributed by atoms with Crippen LogP contribution in [0.1, 0.15) is 17.9 Å². The molecule has 0 bridgehead atoms. The summed E-state index contributed by atoms with van der Waals surface area (Å²) in [5, 5.41) is 3.82. The molecule has 2 unspecified atom stereocenters. The third-order valence-corrected chi connectivity index (χ3v) is 3.83. The van der Waals surface area contributed by atoms with E-state index in [2.05, 4.69) is 5.32 Å². The third kappa shape index (κ3) is 2.85. The monoisotopic (exact) mass is 266 g/mol. The highest BCUT2D eigenvalue weighted by molar-refractivity contribution is 6.31. The number of hydrogen-bond donors (Lipinski definition) is 1. The zero-order chi connectivity index (χ0) is 13.1. The van der Waals surface area contributed by atoms with E-state index in [1.807, 2.05) is 38.4 Å². The molecule has 1 N–H and O–H groups in total. The van der Waals surface area contributed by atoms with Gasteiger partial charge in [-0.2, -0.15) is 0 Å². The molecule has 2 atom stereocenters. The van der Waals surface area contributed by atoms with E-state index in [-0.39, 0.29) is 11.8 Å². The number of halogens is 1. The van der Waals surface area contributed by atoms with Gasteiger partial charge in [-0.3, -0.25) is 4.79 Å². The summed E-state index contributed by atoms with van der Waals surface area (Å²) in [5.41, 5.74) is 1.11. The van der Waals surface area contributed by atoms with Crippen molar-refractivity contribution < 1.29 is 4.79 Å². The van der Waals surface area contributed by atoms with E-state index >= 15 is 0 Å². The Kier molecular flexibility index (Phi) is 4.25. The van der Waals surface area contributed by atoms with E-state index in [4.69, 9.17) is 11.6 Å². The molecular formula is C14H19ClN2O. The average Bonchev–Trinajstić information content (AvgIpc) is 3.15. The second-order valence-electron chi connectivity index (χ2n) is 4.83. The first-order valence-electron chi connectivity index (χ1n) is 6.29. The van der Waals surface area contributed by atoms with Gasteiger partial charge in [-0.1, -0.05) is 29.8 Å². The molecule has 1 aromatic rings. The molecule has 0 saturated heterocycles. The summed E-state index contributed by atoms with van der Waals surface area (Å²) in [5.74, 6) is 0.658. The second-order valence-corrected chi connectivity index (χ2v) is 5.24. The first-order valence-corrected chi connectivity index (χ1v) is 6.67. The predicted octanol–water partition coefficient (Wildman–Crippen LogP) is 2.12. The van der Waals surface area contributed by atoms with Crippen LogP contribution in [0, 0.1) is 5.92 Å². The average molecular weight is 267 g/mol. The van der Waals surface area contributed by atoms with Gasteiger partial charge in [-0.25, -0.2) is 0 Å². The van der Waals surface area contributed by atoms with Gasteiger partial charge in [0.1, 0.15) is 0 Å². The van der Waals surface area contributed by atoms with E-state index < -0.39 is 0 Å². The highest BCUT2D eigenvalue weighted by Crippen LogP contribution is 2.50. The van der Waals surface area contributed by atoms with Crippen LogP contribution in [0.15, 0.2) is 24.3 Å². The van der Waals surface area contributed by atoms with Gasteiger partial charge in [0.05, 0.1) is 0 Å². The van der Waals surface area contributed by atoms with Crippen molar-refractivity contribution in [1.82, 2.24) is 10.2 Å². The lowest BCUT2D eigenvalue weighted by atomic mass is 10.1. The Balaban J connectivity index is 1.95. The standard InChI is InChI=1S/C14H19ClN2O/c1-16-7-8-17(2)14(18)12-9-11(12)10-5-3-4-6-13(10)15/h3-6,11-12,16H,7-9H2,1-2H3. The summed E-state index contributed by atoms with van der Waals surface area (Å²) in [6.45, 7) is 1.58. The van der Waals surface area contributed by atoms with Crippen molar-refractivity contribution in [3.63, 3.8) is 0 Å². The number of carbonyl (C=O) groups excluding carboxylic acids is 1. The van der Waals surface area contributed by atoms with Crippen LogP contribution in [0.4, 0.5) is 0 Å². The van der Waals surface area contributed by atoms with Crippen LogP contribution in [-0.4, -0.2) is 38.0 Å². The van der Waals surface area contributed by atoms with Crippen molar-refractivity contribution in [2.45, 2.75) is 12.3 Å². The molecule has 1 fully saturated rings. The number of rotatable bonds is 5. The number of nitrogens with one attached hydrogen (secondary N) is 1. The van der Waals surface area contributed by atoms with Gasteiger partial charge in [0.25, 0.3) is 0 Å². The van der Waals surface area contributed by atoms with Crippen LogP contribution in [0.2, 0.25) is 5.02 Å². The molecule has 0 radical (unpaired) electrons. The minimum atomic E-state index is 0.117. The number of carbonyl (C=O) groups is 1. The molecule has 1 aliphatic carbocycles. The van der Waals surface area contributed by atoms with Crippen molar-refractivity contribution >= 4 is 17.5 Å². The lowest BCUT2D eigenvalue weighted by Gasteiger charge is -2.17. The number of nitrogens with zero attached hydrogens (tertiary/aromatic N) is 1. The van der Waals surface area contributed by atoms with Crippen molar-refractivity contribution in [2.75, 3.05) is 27.2 Å². The Morgan fingerprint density at radius 3 is 2.89 bits per heavy atom. The summed E-state index contributed by atoms with van der Waals surface area (Å²) in [6, 6.07) is 7.81. The van der Waals surface area contributed by atoms with Gasteiger partial charge in [0.2, 0.25) is 5.91 Å². The molecule has 4 heteroatoms. The zero-order valence-electron chi connectivity index (χ0n) is 10.8. The zero-order valence-corrected chi connectivity index (χ0v) is 11.6. The maximum absolute atomic E-state index is 12.2. The van der Waals surface area contributed by atoms with Crippen LogP contribution in [0.25, 0.3) is 0 Å². The maximum Gasteiger partial charge on any atom is 0.226 e. The highest BCUT2D eigenvalue weighted by atomic mass is 35.5. The van der Waals surface area contributed by atoms with Gasteiger partial charge < -0.3 is 10.2 Å². The van der Waals surface area contributed by atoms with E-state index in [9.17, 15) is 4.79 Å². The molecule has 3 nitrogen and oxygen atoms in total. The molecule has 1 aliphatic rings. The van der Waals surface area contributed by atoms with Crippen LogP contribution >= 0.6 is 11.6 Å². The predicted molar refractivity (Wildman–Crippen MR) is 73.9 cm³/mol. The highest BCUT2D eigenvalue weighted by Gasteiger charge is 2.45. The van der Waals surface area contributed by atoms with Crippen molar-refractivity contribution in [3.8, 4) is 0 Å². The van der Waals surface area contributed by atoms with Gasteiger partial charge in [0.15, 0.2) is 0 Å². The molecule has 0 heterocycles. The van der Waals surface area contributed by atoms with Crippen molar-refractivity contribution in [2.24, 2.45) is 5.92 Å². The van der Waals surface area contributed by atoms with Gasteiger partial charge in [-0.15, -0.1) is 0 Å². The normalized spacial score (nSPS) is 21.7. The molecular weight excluding hydrogens is 248 g/mol. The fourth-order valence-corrected chi connectivity index (χ4v) is 2.54. The number of benzene rings is 1. The Morgan fingerprint density at radius 2 is 2.22 bits per heavy atom. The van der Waals surface area contributed by atoms with E-state index in [0.29, 0.717) is 5.92 Å². The second kappa shape index (κ2) is 5.72. The number of hydrogen-bond acceptors (Lipinski definition) is 2. The summed E-state index contributed by atoms with van der Waals surface area (Å²) in [6.07, 6.45) is 0.923. The quantitative estimate of drug-likeness (QED) is 0.886. The molecule has 0 aromatic heterocycles. The lowest BCUT2D eigenvalue weighted by molar-refractivity contribution is -0.131. The topological polar surface area (TPSA) is 32.3 Å². The molecule has 2 rings (SSSR count). The van der Waals surface area contributed by atoms with E-state index in [1.54, 1.807) is 4.90 Å². The van der Waals surface area contributed by atoms with Crippen molar-refractivity contribution in [1.29, 1.82) is 0 Å². The van der Waals surface area contributed by atoms with Crippen LogP contribution in [0.3, 0.4) is 0 Å². The van der Waals surface area contributed by atoms with Crippen LogP contribution in [0.5, 0.6) is 0 Å². The third-order valence-electron chi connectivity index (χ3n) is 3.49. The van der Waals surface area contributed by atoms with E-state index in [0.717, 1.165) is 30.1 Å². The molecule has 1 saturated carbocycles. The largest absolute Gasteiger partial charge is 0.344 e. The molecule has 0 aliphatic heterocycles. The summed E-state index contributed by atoms with van der Waals surface area (Å²) in [4.78, 5) is 14.0. The molecule has 1 aromatic carbocycles. The number of likely N-dealkylation sites (N-methyl/N-ethyl adjacent to an activating group) is 2. The number of amides is 1. The smallest absolute Gasteiger partial charge is 0.226 e. The lowest BCUT2D eigenvalue weighted by Crippen LogP contribution is -2.34. The van der Waals surface area contributed by atoms with Crippen molar-refractivity contribution in [3.05, 3.63) is 34.9 Å². The van der Waals surface area contributed by atoms with Gasteiger partial charge in [-0.05, 0) is 31.0 Å². The van der Waals surface area contributed by atoms with Gasteiger partial charge in [0, 0.05) is 31.1 Å². The maximum atomic E-state index is 12.2. The fraction of sp³-hybridized carbons (Fsp3) is 0.500. The fourth-order valence-electron chi connectivity index (χ4n) is 2.26. The van der Waals surface area contributed by atoms with Gasteiger partial charge >= 0.3 is 0 Å². The van der Waals surface area contributed by atoms with E-state index in [1.165, 1.54) is 0 Å². The minimum absolute atomic E-state index is 0.117.